The van der Waals surface area contributed by atoms with E-state index in [4.69, 9.17) is 4.42 Å². The highest BCUT2D eigenvalue weighted by atomic mass is 19.1. The summed E-state index contributed by atoms with van der Waals surface area (Å²) in [6, 6.07) is 16.1. The van der Waals surface area contributed by atoms with Crippen molar-refractivity contribution in [3.8, 4) is 22.6 Å². The summed E-state index contributed by atoms with van der Waals surface area (Å²) in [7, 11) is 0. The molecule has 1 aromatic heterocycles. The van der Waals surface area contributed by atoms with Crippen LogP contribution >= 0.6 is 0 Å². The summed E-state index contributed by atoms with van der Waals surface area (Å²) in [4.78, 5) is 4.37. The van der Waals surface area contributed by atoms with Gasteiger partial charge >= 0.3 is 0 Å². The zero-order valence-electron chi connectivity index (χ0n) is 10.4. The maximum atomic E-state index is 13.3. The zero-order valence-corrected chi connectivity index (χ0v) is 10.4. The molecular formula is C16H12FNO. The molecular weight excluding hydrogens is 241 g/mol. The normalized spacial score (nSPS) is 10.6. The van der Waals surface area contributed by atoms with Gasteiger partial charge in [-0.3, -0.25) is 0 Å². The summed E-state index contributed by atoms with van der Waals surface area (Å²) in [5.74, 6) is 0.957. The van der Waals surface area contributed by atoms with Crippen LogP contribution in [-0.2, 0) is 0 Å². The van der Waals surface area contributed by atoms with E-state index in [1.54, 1.807) is 13.0 Å². The van der Waals surface area contributed by atoms with Crippen molar-refractivity contribution < 1.29 is 8.81 Å². The maximum absolute atomic E-state index is 13.3. The third-order valence-corrected chi connectivity index (χ3v) is 2.87. The topological polar surface area (TPSA) is 26.0 Å². The number of halogens is 1. The average Bonchev–Trinajstić information content (AvgIpc) is 2.82. The molecule has 19 heavy (non-hydrogen) atoms. The van der Waals surface area contributed by atoms with E-state index in [0.29, 0.717) is 17.3 Å². The van der Waals surface area contributed by atoms with Gasteiger partial charge in [0.25, 0.3) is 0 Å². The second kappa shape index (κ2) is 4.69. The average molecular weight is 253 g/mol. The predicted molar refractivity (Wildman–Crippen MR) is 72.1 cm³/mol. The van der Waals surface area contributed by atoms with Crippen LogP contribution in [0.4, 0.5) is 4.39 Å². The highest BCUT2D eigenvalue weighted by Crippen LogP contribution is 2.32. The second-order valence-electron chi connectivity index (χ2n) is 4.29. The van der Waals surface area contributed by atoms with Crippen molar-refractivity contribution in [3.05, 3.63) is 66.3 Å². The molecule has 0 N–H and O–H groups in total. The number of aryl methyl sites for hydroxylation is 1. The highest BCUT2D eigenvalue weighted by molar-refractivity contribution is 5.76. The summed E-state index contributed by atoms with van der Waals surface area (Å²) in [6.07, 6.45) is 0. The highest BCUT2D eigenvalue weighted by Gasteiger charge is 2.15. The summed E-state index contributed by atoms with van der Waals surface area (Å²) >= 11 is 0. The number of rotatable bonds is 2. The van der Waals surface area contributed by atoms with E-state index in [1.165, 1.54) is 12.1 Å². The molecule has 0 aliphatic carbocycles. The monoisotopic (exact) mass is 253 g/mol. The summed E-state index contributed by atoms with van der Waals surface area (Å²) in [6.45, 7) is 1.79. The molecule has 94 valence electrons. The van der Waals surface area contributed by atoms with Crippen molar-refractivity contribution in [1.29, 1.82) is 0 Å². The lowest BCUT2D eigenvalue weighted by molar-refractivity contribution is 0.534. The van der Waals surface area contributed by atoms with Crippen LogP contribution in [0.3, 0.4) is 0 Å². The fraction of sp³-hybridized carbons (Fsp3) is 0.0625. The van der Waals surface area contributed by atoms with Crippen molar-refractivity contribution in [2.24, 2.45) is 0 Å². The molecule has 0 aliphatic heterocycles. The minimum absolute atomic E-state index is 0.280. The quantitative estimate of drug-likeness (QED) is 0.674. The fourth-order valence-corrected chi connectivity index (χ4v) is 2.04. The predicted octanol–water partition coefficient (Wildman–Crippen LogP) is 4.46. The van der Waals surface area contributed by atoms with Gasteiger partial charge in [0.2, 0.25) is 0 Å². The summed E-state index contributed by atoms with van der Waals surface area (Å²) < 4.78 is 19.0. The summed E-state index contributed by atoms with van der Waals surface area (Å²) in [5, 5.41) is 0. The Morgan fingerprint density at radius 2 is 1.68 bits per heavy atom. The van der Waals surface area contributed by atoms with Crippen molar-refractivity contribution in [1.82, 2.24) is 4.98 Å². The van der Waals surface area contributed by atoms with E-state index in [9.17, 15) is 4.39 Å². The van der Waals surface area contributed by atoms with Gasteiger partial charge in [-0.05, 0) is 12.1 Å². The SMILES string of the molecule is Cc1nc(-c2cccc(F)c2)c(-c2ccccc2)o1. The number of hydrogen-bond acceptors (Lipinski definition) is 2. The van der Waals surface area contributed by atoms with Crippen molar-refractivity contribution in [2.75, 3.05) is 0 Å². The Labute approximate surface area is 110 Å². The lowest BCUT2D eigenvalue weighted by atomic mass is 10.1. The Morgan fingerprint density at radius 1 is 0.947 bits per heavy atom. The van der Waals surface area contributed by atoms with E-state index in [-0.39, 0.29) is 5.82 Å². The molecule has 3 aromatic rings. The molecule has 2 aromatic carbocycles. The molecule has 0 unspecified atom stereocenters. The molecule has 2 nitrogen and oxygen atoms in total. The first-order chi connectivity index (χ1) is 9.24. The van der Waals surface area contributed by atoms with E-state index in [0.717, 1.165) is 11.1 Å². The third-order valence-electron chi connectivity index (χ3n) is 2.87. The first-order valence-corrected chi connectivity index (χ1v) is 6.03. The molecule has 0 saturated heterocycles. The van der Waals surface area contributed by atoms with Gasteiger partial charge in [0.05, 0.1) is 0 Å². The molecule has 0 bridgehead atoms. The van der Waals surface area contributed by atoms with Gasteiger partial charge in [0.15, 0.2) is 11.7 Å². The van der Waals surface area contributed by atoms with Gasteiger partial charge in [-0.1, -0.05) is 42.5 Å². The van der Waals surface area contributed by atoms with E-state index in [1.807, 2.05) is 36.4 Å². The van der Waals surface area contributed by atoms with Crippen molar-refractivity contribution >= 4 is 0 Å². The Kier molecular flexibility index (Phi) is 2.88. The zero-order chi connectivity index (χ0) is 13.2. The number of hydrogen-bond donors (Lipinski definition) is 0. The first kappa shape index (κ1) is 11.7. The standard InChI is InChI=1S/C16H12FNO/c1-11-18-15(13-8-5-9-14(17)10-13)16(19-11)12-6-3-2-4-7-12/h2-10H,1H3. The smallest absolute Gasteiger partial charge is 0.192 e. The Bertz CT molecular complexity index is 704. The van der Waals surface area contributed by atoms with Crippen LogP contribution in [0.25, 0.3) is 22.6 Å². The number of nitrogens with zero attached hydrogens (tertiary/aromatic N) is 1. The van der Waals surface area contributed by atoms with Crippen LogP contribution in [0.1, 0.15) is 5.89 Å². The Balaban J connectivity index is 2.18. The third kappa shape index (κ3) is 2.27. The van der Waals surface area contributed by atoms with Gasteiger partial charge in [0.1, 0.15) is 11.5 Å². The summed E-state index contributed by atoms with van der Waals surface area (Å²) in [5.41, 5.74) is 2.32. The molecule has 0 spiro atoms. The minimum Gasteiger partial charge on any atom is -0.440 e. The Morgan fingerprint density at radius 3 is 2.42 bits per heavy atom. The molecule has 3 heteroatoms. The molecule has 1 heterocycles. The van der Waals surface area contributed by atoms with Crippen molar-refractivity contribution in [2.45, 2.75) is 6.92 Å². The van der Waals surface area contributed by atoms with Crippen LogP contribution in [0.2, 0.25) is 0 Å². The molecule has 0 saturated carbocycles. The molecule has 0 radical (unpaired) electrons. The number of benzene rings is 2. The van der Waals surface area contributed by atoms with E-state index < -0.39 is 0 Å². The molecule has 3 rings (SSSR count). The molecule has 0 fully saturated rings. The minimum atomic E-state index is -0.280. The van der Waals surface area contributed by atoms with Crippen LogP contribution in [-0.4, -0.2) is 4.98 Å². The van der Waals surface area contributed by atoms with E-state index in [2.05, 4.69) is 4.98 Å². The molecule has 0 aliphatic rings. The van der Waals surface area contributed by atoms with Crippen LogP contribution < -0.4 is 0 Å². The van der Waals surface area contributed by atoms with E-state index >= 15 is 0 Å². The van der Waals surface area contributed by atoms with Gasteiger partial charge < -0.3 is 4.42 Å². The molecule has 0 atom stereocenters. The lowest BCUT2D eigenvalue weighted by Crippen LogP contribution is -1.84. The van der Waals surface area contributed by atoms with Crippen LogP contribution in [0.5, 0.6) is 0 Å². The van der Waals surface area contributed by atoms with Gasteiger partial charge in [0, 0.05) is 18.1 Å². The van der Waals surface area contributed by atoms with Gasteiger partial charge in [-0.25, -0.2) is 9.37 Å². The number of aromatic nitrogens is 1. The van der Waals surface area contributed by atoms with Crippen LogP contribution in [0.15, 0.2) is 59.0 Å². The van der Waals surface area contributed by atoms with Crippen LogP contribution in [0, 0.1) is 12.7 Å². The maximum Gasteiger partial charge on any atom is 0.192 e. The second-order valence-corrected chi connectivity index (χ2v) is 4.29. The lowest BCUT2D eigenvalue weighted by Gasteiger charge is -2.01. The van der Waals surface area contributed by atoms with Gasteiger partial charge in [-0.2, -0.15) is 0 Å². The fourth-order valence-electron chi connectivity index (χ4n) is 2.04. The first-order valence-electron chi connectivity index (χ1n) is 6.03. The molecule has 0 amide bonds. The number of oxazole rings is 1. The largest absolute Gasteiger partial charge is 0.440 e. The van der Waals surface area contributed by atoms with Gasteiger partial charge in [-0.15, -0.1) is 0 Å². The van der Waals surface area contributed by atoms with Crippen molar-refractivity contribution in [3.63, 3.8) is 0 Å². The Hall–Kier alpha value is -2.42.